The quantitative estimate of drug-likeness (QED) is 0.373. The van der Waals surface area contributed by atoms with Crippen LogP contribution in [-0.4, -0.2) is 26.4 Å². The summed E-state index contributed by atoms with van der Waals surface area (Å²) in [6, 6.07) is 7.78. The molecule has 0 bridgehead atoms. The molecule has 10 heteroatoms. The normalized spacial score (nSPS) is 13.7. The van der Waals surface area contributed by atoms with Crippen LogP contribution in [0.5, 0.6) is 5.75 Å². The van der Waals surface area contributed by atoms with Crippen LogP contribution in [0.1, 0.15) is 60.2 Å². The molecular weight excluding hydrogens is 490 g/mol. The second-order valence-electron chi connectivity index (χ2n) is 8.12. The third kappa shape index (κ3) is 5.24. The molecule has 178 valence electrons. The predicted molar refractivity (Wildman–Crippen MR) is 136 cm³/mol. The minimum atomic E-state index is -0.328. The smallest absolute Gasteiger partial charge is 0.235 e. The number of carbonyl (C=O) groups excluding carboxylic acids is 1. The summed E-state index contributed by atoms with van der Waals surface area (Å²) < 4.78 is 8.07. The van der Waals surface area contributed by atoms with Crippen LogP contribution in [0.4, 0.5) is 5.00 Å². The van der Waals surface area contributed by atoms with Crippen molar-refractivity contribution in [3.05, 3.63) is 50.6 Å². The van der Waals surface area contributed by atoms with Gasteiger partial charge in [0.05, 0.1) is 11.3 Å². The Balaban J connectivity index is 1.41. The average molecular weight is 516 g/mol. The van der Waals surface area contributed by atoms with Crippen molar-refractivity contribution < 1.29 is 9.53 Å². The SMILES string of the molecule is CCn1c(SCC(=O)Nc2sc3c(c2C#N)CCCC3)nnc1C(C)Oc1ccc(Cl)cc1C. The van der Waals surface area contributed by atoms with Gasteiger partial charge in [-0.3, -0.25) is 4.79 Å². The van der Waals surface area contributed by atoms with Crippen LogP contribution in [0, 0.1) is 18.3 Å². The summed E-state index contributed by atoms with van der Waals surface area (Å²) in [6.45, 7) is 6.52. The molecule has 34 heavy (non-hydrogen) atoms. The van der Waals surface area contributed by atoms with Crippen LogP contribution < -0.4 is 10.1 Å². The fraction of sp³-hybridized carbons (Fsp3) is 0.417. The molecule has 0 spiro atoms. The van der Waals surface area contributed by atoms with Crippen molar-refractivity contribution in [1.29, 1.82) is 5.26 Å². The van der Waals surface area contributed by atoms with Crippen LogP contribution in [-0.2, 0) is 24.2 Å². The highest BCUT2D eigenvalue weighted by molar-refractivity contribution is 7.99. The zero-order valence-corrected chi connectivity index (χ0v) is 21.7. The third-order valence-corrected chi connectivity index (χ3v) is 8.14. The lowest BCUT2D eigenvalue weighted by molar-refractivity contribution is -0.113. The van der Waals surface area contributed by atoms with Crippen molar-refractivity contribution in [2.45, 2.75) is 64.3 Å². The number of hydrogen-bond donors (Lipinski definition) is 1. The van der Waals surface area contributed by atoms with Crippen molar-refractivity contribution >= 4 is 45.6 Å². The molecule has 0 fully saturated rings. The number of rotatable bonds is 8. The highest BCUT2D eigenvalue weighted by atomic mass is 35.5. The van der Waals surface area contributed by atoms with Gasteiger partial charge in [0.2, 0.25) is 5.91 Å². The lowest BCUT2D eigenvalue weighted by Gasteiger charge is -2.17. The van der Waals surface area contributed by atoms with E-state index in [1.165, 1.54) is 28.0 Å². The maximum Gasteiger partial charge on any atom is 0.235 e. The average Bonchev–Trinajstić information content (AvgIpc) is 3.39. The van der Waals surface area contributed by atoms with E-state index in [1.54, 1.807) is 6.07 Å². The Bertz CT molecular complexity index is 1250. The molecule has 0 saturated carbocycles. The summed E-state index contributed by atoms with van der Waals surface area (Å²) in [6.07, 6.45) is 3.80. The number of hydrogen-bond acceptors (Lipinski definition) is 7. The van der Waals surface area contributed by atoms with E-state index in [1.807, 2.05) is 37.5 Å². The van der Waals surface area contributed by atoms with Crippen LogP contribution in [0.25, 0.3) is 0 Å². The summed E-state index contributed by atoms with van der Waals surface area (Å²) in [7, 11) is 0. The molecule has 1 N–H and O–H groups in total. The maximum atomic E-state index is 12.7. The first-order chi connectivity index (χ1) is 16.4. The molecule has 0 saturated heterocycles. The molecule has 0 aliphatic heterocycles. The molecule has 2 heterocycles. The van der Waals surface area contributed by atoms with Gasteiger partial charge in [-0.1, -0.05) is 23.4 Å². The first-order valence-electron chi connectivity index (χ1n) is 11.2. The monoisotopic (exact) mass is 515 g/mol. The molecule has 1 aliphatic rings. The van der Waals surface area contributed by atoms with Crippen molar-refractivity contribution in [1.82, 2.24) is 14.8 Å². The number of thioether (sulfide) groups is 1. The van der Waals surface area contributed by atoms with E-state index in [4.69, 9.17) is 16.3 Å². The molecule has 1 aliphatic carbocycles. The highest BCUT2D eigenvalue weighted by Crippen LogP contribution is 2.37. The number of carbonyl (C=O) groups is 1. The van der Waals surface area contributed by atoms with Gasteiger partial charge in [0.25, 0.3) is 0 Å². The summed E-state index contributed by atoms with van der Waals surface area (Å²) in [4.78, 5) is 13.9. The van der Waals surface area contributed by atoms with Crippen molar-refractivity contribution in [2.24, 2.45) is 0 Å². The third-order valence-electron chi connectivity index (χ3n) is 5.73. The standard InChI is InChI=1S/C24H26ClN5O2S2/c1-4-30-22(15(3)32-19-10-9-16(25)11-14(19)2)28-29-24(30)33-13-21(31)27-23-18(12-26)17-7-5-6-8-20(17)34-23/h9-11,15H,4-8,13H2,1-3H3,(H,27,31). The molecular formula is C24H26ClN5O2S2. The number of halogens is 1. The zero-order valence-electron chi connectivity index (χ0n) is 19.4. The Morgan fingerprint density at radius 1 is 1.38 bits per heavy atom. The summed E-state index contributed by atoms with van der Waals surface area (Å²) in [5, 5.41) is 23.2. The highest BCUT2D eigenvalue weighted by Gasteiger charge is 2.23. The Labute approximate surface area is 212 Å². The van der Waals surface area contributed by atoms with E-state index in [2.05, 4.69) is 21.6 Å². The van der Waals surface area contributed by atoms with Gasteiger partial charge in [0.1, 0.15) is 16.8 Å². The van der Waals surface area contributed by atoms with Gasteiger partial charge < -0.3 is 14.6 Å². The molecule has 3 aromatic rings. The number of anilines is 1. The lowest BCUT2D eigenvalue weighted by atomic mass is 9.96. The second kappa shape index (κ2) is 10.8. The molecule has 2 aromatic heterocycles. The molecule has 4 rings (SSSR count). The second-order valence-corrected chi connectivity index (χ2v) is 10.6. The maximum absolute atomic E-state index is 12.7. The van der Waals surface area contributed by atoms with Crippen molar-refractivity contribution in [2.75, 3.05) is 11.1 Å². The summed E-state index contributed by atoms with van der Waals surface area (Å²) >= 11 is 8.90. The number of fused-ring (bicyclic) bond motifs is 1. The first kappa shape index (κ1) is 24.6. The van der Waals surface area contributed by atoms with E-state index in [0.717, 1.165) is 42.6 Å². The summed E-state index contributed by atoms with van der Waals surface area (Å²) in [5.74, 6) is 1.45. The number of nitriles is 1. The largest absolute Gasteiger partial charge is 0.482 e. The van der Waals surface area contributed by atoms with Crippen molar-refractivity contribution in [3.63, 3.8) is 0 Å². The Hall–Kier alpha value is -2.54. The van der Waals surface area contributed by atoms with E-state index >= 15 is 0 Å². The minimum Gasteiger partial charge on any atom is -0.482 e. The molecule has 1 amide bonds. The molecule has 1 aromatic carbocycles. The Kier molecular flexibility index (Phi) is 7.81. The molecule has 7 nitrogen and oxygen atoms in total. The number of benzene rings is 1. The zero-order chi connectivity index (χ0) is 24.2. The van der Waals surface area contributed by atoms with E-state index in [9.17, 15) is 10.1 Å². The topological polar surface area (TPSA) is 92.8 Å². The Morgan fingerprint density at radius 3 is 2.91 bits per heavy atom. The van der Waals surface area contributed by atoms with Gasteiger partial charge in [-0.2, -0.15) is 5.26 Å². The molecule has 1 atom stereocenters. The molecule has 0 radical (unpaired) electrons. The van der Waals surface area contributed by atoms with Crippen LogP contribution in [0.15, 0.2) is 23.4 Å². The van der Waals surface area contributed by atoms with Gasteiger partial charge in [-0.25, -0.2) is 0 Å². The predicted octanol–water partition coefficient (Wildman–Crippen LogP) is 5.94. The van der Waals surface area contributed by atoms with Crippen molar-refractivity contribution in [3.8, 4) is 11.8 Å². The van der Waals surface area contributed by atoms with Gasteiger partial charge in [-0.05, 0) is 75.8 Å². The number of aromatic nitrogens is 3. The number of aryl methyl sites for hydroxylation is 2. The minimum absolute atomic E-state index is 0.159. The Morgan fingerprint density at radius 2 is 2.18 bits per heavy atom. The van der Waals surface area contributed by atoms with Gasteiger partial charge in [0.15, 0.2) is 17.1 Å². The molecule has 1 unspecified atom stereocenters. The summed E-state index contributed by atoms with van der Waals surface area (Å²) in [5.41, 5.74) is 2.68. The number of ether oxygens (including phenoxy) is 1. The first-order valence-corrected chi connectivity index (χ1v) is 13.4. The number of nitrogens with one attached hydrogen (secondary N) is 1. The lowest BCUT2D eigenvalue weighted by Crippen LogP contribution is -2.15. The number of amides is 1. The van der Waals surface area contributed by atoms with Gasteiger partial charge >= 0.3 is 0 Å². The van der Waals surface area contributed by atoms with Crippen LogP contribution in [0.2, 0.25) is 5.02 Å². The fourth-order valence-corrected chi connectivity index (χ4v) is 6.35. The van der Waals surface area contributed by atoms with E-state index in [-0.39, 0.29) is 17.8 Å². The van der Waals surface area contributed by atoms with Crippen LogP contribution >= 0.6 is 34.7 Å². The number of thiophene rings is 1. The van der Waals surface area contributed by atoms with E-state index < -0.39 is 0 Å². The van der Waals surface area contributed by atoms with Gasteiger partial charge in [-0.15, -0.1) is 21.5 Å². The fourth-order valence-electron chi connectivity index (χ4n) is 4.06. The number of nitrogens with zero attached hydrogens (tertiary/aromatic N) is 4. The van der Waals surface area contributed by atoms with Gasteiger partial charge in [0, 0.05) is 16.4 Å². The van der Waals surface area contributed by atoms with Crippen LogP contribution in [0.3, 0.4) is 0 Å². The van der Waals surface area contributed by atoms with E-state index in [0.29, 0.717) is 33.1 Å².